The van der Waals surface area contributed by atoms with Crippen LogP contribution < -0.4 is 14.8 Å². The van der Waals surface area contributed by atoms with E-state index in [4.69, 9.17) is 9.47 Å². The summed E-state index contributed by atoms with van der Waals surface area (Å²) in [5, 5.41) is 26.2. The number of fused-ring (bicyclic) bond motifs is 2. The lowest BCUT2D eigenvalue weighted by Gasteiger charge is -2.26. The second-order valence-corrected chi connectivity index (χ2v) is 8.38. The lowest BCUT2D eigenvalue weighted by molar-refractivity contribution is -0.383. The SMILES string of the molecule is O=C(N[C@H](c1ccc2c(c1)OCO2)c1cc([N+](=O)[O-])c2cccnc2c1O)C1CCCCC1. The third-order valence-corrected chi connectivity index (χ3v) is 6.37. The lowest BCUT2D eigenvalue weighted by atomic mass is 9.87. The van der Waals surface area contributed by atoms with Gasteiger partial charge in [-0.15, -0.1) is 0 Å². The lowest BCUT2D eigenvalue weighted by Crippen LogP contribution is -2.35. The molecule has 1 fully saturated rings. The molecule has 2 N–H and O–H groups in total. The molecule has 2 aromatic carbocycles. The molecule has 0 spiro atoms. The summed E-state index contributed by atoms with van der Waals surface area (Å²) >= 11 is 0. The van der Waals surface area contributed by atoms with E-state index in [1.54, 1.807) is 30.3 Å². The van der Waals surface area contributed by atoms with Gasteiger partial charge in [-0.05, 0) is 42.7 Å². The van der Waals surface area contributed by atoms with Crippen LogP contribution in [-0.4, -0.2) is 27.7 Å². The highest BCUT2D eigenvalue weighted by molar-refractivity contribution is 5.94. The van der Waals surface area contributed by atoms with Crippen molar-refractivity contribution >= 4 is 22.5 Å². The molecule has 2 heterocycles. The number of hydrogen-bond acceptors (Lipinski definition) is 7. The van der Waals surface area contributed by atoms with E-state index in [-0.39, 0.29) is 46.5 Å². The second-order valence-electron chi connectivity index (χ2n) is 8.38. The highest BCUT2D eigenvalue weighted by Crippen LogP contribution is 2.42. The van der Waals surface area contributed by atoms with Gasteiger partial charge >= 0.3 is 0 Å². The molecule has 0 bridgehead atoms. The van der Waals surface area contributed by atoms with Crippen molar-refractivity contribution in [2.24, 2.45) is 5.92 Å². The van der Waals surface area contributed by atoms with E-state index >= 15 is 0 Å². The first-order valence-electron chi connectivity index (χ1n) is 11.0. The molecule has 9 heteroatoms. The standard InChI is InChI=1S/C24H23N3O6/c28-23-17(12-18(27(30)31)16-7-4-10-25-22(16)23)21(26-24(29)14-5-2-1-3-6-14)15-8-9-19-20(11-15)33-13-32-19/h4,7-12,14,21,28H,1-3,5-6,13H2,(H,26,29)/t21-/m1/s1. The zero-order valence-corrected chi connectivity index (χ0v) is 17.8. The van der Waals surface area contributed by atoms with Crippen LogP contribution in [0.4, 0.5) is 5.69 Å². The summed E-state index contributed by atoms with van der Waals surface area (Å²) in [5.74, 6) is 0.609. The summed E-state index contributed by atoms with van der Waals surface area (Å²) < 4.78 is 10.9. The van der Waals surface area contributed by atoms with Gasteiger partial charge in [-0.3, -0.25) is 19.9 Å². The van der Waals surface area contributed by atoms with E-state index in [1.165, 1.54) is 12.3 Å². The van der Waals surface area contributed by atoms with Crippen LogP contribution >= 0.6 is 0 Å². The molecule has 170 valence electrons. The Hall–Kier alpha value is -3.88. The van der Waals surface area contributed by atoms with Gasteiger partial charge in [0.15, 0.2) is 11.5 Å². The first kappa shape index (κ1) is 21.0. The minimum absolute atomic E-state index is 0.0918. The average Bonchev–Trinajstić information content (AvgIpc) is 3.31. The van der Waals surface area contributed by atoms with Crippen LogP contribution in [0.15, 0.2) is 42.6 Å². The molecule has 0 radical (unpaired) electrons. The maximum atomic E-state index is 13.2. The van der Waals surface area contributed by atoms with Crippen LogP contribution in [-0.2, 0) is 4.79 Å². The van der Waals surface area contributed by atoms with E-state index < -0.39 is 11.0 Å². The molecule has 5 rings (SSSR count). The molecule has 1 saturated carbocycles. The van der Waals surface area contributed by atoms with Crippen LogP contribution in [0.5, 0.6) is 17.2 Å². The number of pyridine rings is 1. The quantitative estimate of drug-likeness (QED) is 0.438. The Kier molecular flexibility index (Phi) is 5.45. The number of aromatic hydroxyl groups is 1. The Morgan fingerprint density at radius 2 is 1.94 bits per heavy atom. The summed E-state index contributed by atoms with van der Waals surface area (Å²) in [6.45, 7) is 0.0918. The van der Waals surface area contributed by atoms with Crippen molar-refractivity contribution in [1.29, 1.82) is 0 Å². The van der Waals surface area contributed by atoms with Gasteiger partial charge in [-0.2, -0.15) is 0 Å². The monoisotopic (exact) mass is 449 g/mol. The average molecular weight is 449 g/mol. The van der Waals surface area contributed by atoms with Gasteiger partial charge in [0, 0.05) is 23.7 Å². The number of carbonyl (C=O) groups is 1. The molecule has 1 aliphatic carbocycles. The fourth-order valence-electron chi connectivity index (χ4n) is 4.66. The number of carbonyl (C=O) groups excluding carboxylic acids is 1. The number of nitro groups is 1. The molecule has 1 aromatic heterocycles. The van der Waals surface area contributed by atoms with Gasteiger partial charge in [0.2, 0.25) is 12.7 Å². The number of non-ortho nitro benzene ring substituents is 1. The minimum atomic E-state index is -0.834. The Bertz CT molecular complexity index is 1240. The van der Waals surface area contributed by atoms with Crippen LogP contribution in [0, 0.1) is 16.0 Å². The van der Waals surface area contributed by atoms with Gasteiger partial charge in [0.1, 0.15) is 11.3 Å². The number of nitrogens with one attached hydrogen (secondary N) is 1. The zero-order valence-electron chi connectivity index (χ0n) is 17.8. The van der Waals surface area contributed by atoms with E-state index in [2.05, 4.69) is 10.3 Å². The first-order valence-corrected chi connectivity index (χ1v) is 11.0. The van der Waals surface area contributed by atoms with Crippen LogP contribution in [0.3, 0.4) is 0 Å². The van der Waals surface area contributed by atoms with Crippen molar-refractivity contribution in [3.8, 4) is 17.2 Å². The van der Waals surface area contributed by atoms with Crippen LogP contribution in [0.1, 0.15) is 49.3 Å². The predicted molar refractivity (Wildman–Crippen MR) is 119 cm³/mol. The number of ether oxygens (including phenoxy) is 2. The molecular weight excluding hydrogens is 426 g/mol. The van der Waals surface area contributed by atoms with Gasteiger partial charge in [0.05, 0.1) is 16.4 Å². The molecule has 0 unspecified atom stereocenters. The molecule has 1 aliphatic heterocycles. The van der Waals surface area contributed by atoms with E-state index in [0.29, 0.717) is 17.1 Å². The second kappa shape index (κ2) is 8.57. The minimum Gasteiger partial charge on any atom is -0.505 e. The smallest absolute Gasteiger partial charge is 0.279 e. The number of phenolic OH excluding ortho intramolecular Hbond substituents is 1. The number of phenols is 1. The molecule has 33 heavy (non-hydrogen) atoms. The third kappa shape index (κ3) is 3.90. The first-order chi connectivity index (χ1) is 16.0. The molecular formula is C24H23N3O6. The summed E-state index contributed by atoms with van der Waals surface area (Å²) in [4.78, 5) is 28.7. The van der Waals surface area contributed by atoms with Gasteiger partial charge in [-0.1, -0.05) is 25.3 Å². The topological polar surface area (TPSA) is 124 Å². The van der Waals surface area contributed by atoms with Crippen LogP contribution in [0.25, 0.3) is 10.9 Å². The highest BCUT2D eigenvalue weighted by Gasteiger charge is 2.30. The van der Waals surface area contributed by atoms with Crippen LogP contribution in [0.2, 0.25) is 0 Å². The molecule has 0 saturated heterocycles. The normalized spacial score (nSPS) is 16.5. The highest BCUT2D eigenvalue weighted by atomic mass is 16.7. The third-order valence-electron chi connectivity index (χ3n) is 6.37. The summed E-state index contributed by atoms with van der Waals surface area (Å²) in [6, 6.07) is 8.81. The van der Waals surface area contributed by atoms with E-state index in [0.717, 1.165) is 32.1 Å². The maximum Gasteiger partial charge on any atom is 0.279 e. The fourth-order valence-corrected chi connectivity index (χ4v) is 4.66. The van der Waals surface area contributed by atoms with E-state index in [9.17, 15) is 20.0 Å². The summed E-state index contributed by atoms with van der Waals surface area (Å²) in [5.41, 5.74) is 0.738. The number of amides is 1. The van der Waals surface area contributed by atoms with Crippen molar-refractivity contribution in [2.75, 3.05) is 6.79 Å². The largest absolute Gasteiger partial charge is 0.505 e. The summed E-state index contributed by atoms with van der Waals surface area (Å²) in [6.07, 6.45) is 6.15. The number of rotatable bonds is 5. The van der Waals surface area contributed by atoms with Gasteiger partial charge < -0.3 is 19.9 Å². The maximum absolute atomic E-state index is 13.2. The Morgan fingerprint density at radius 3 is 2.73 bits per heavy atom. The molecule has 3 aromatic rings. The zero-order chi connectivity index (χ0) is 22.9. The van der Waals surface area contributed by atoms with Crippen molar-refractivity contribution in [3.05, 3.63) is 63.8 Å². The Balaban J connectivity index is 1.64. The fraction of sp³-hybridized carbons (Fsp3) is 0.333. The molecule has 9 nitrogen and oxygen atoms in total. The Morgan fingerprint density at radius 1 is 1.15 bits per heavy atom. The van der Waals surface area contributed by atoms with Crippen molar-refractivity contribution in [1.82, 2.24) is 10.3 Å². The molecule has 1 amide bonds. The summed E-state index contributed by atoms with van der Waals surface area (Å²) in [7, 11) is 0. The molecule has 1 atom stereocenters. The van der Waals surface area contributed by atoms with Crippen molar-refractivity contribution in [2.45, 2.75) is 38.1 Å². The number of nitrogens with zero attached hydrogens (tertiary/aromatic N) is 2. The van der Waals surface area contributed by atoms with Gasteiger partial charge in [-0.25, -0.2) is 0 Å². The van der Waals surface area contributed by atoms with Crippen molar-refractivity contribution in [3.63, 3.8) is 0 Å². The number of hydrogen-bond donors (Lipinski definition) is 2. The van der Waals surface area contributed by atoms with Crippen molar-refractivity contribution < 1.29 is 24.3 Å². The number of benzene rings is 2. The van der Waals surface area contributed by atoms with Gasteiger partial charge in [0.25, 0.3) is 5.69 Å². The van der Waals surface area contributed by atoms with E-state index in [1.807, 2.05) is 0 Å². The number of aromatic nitrogens is 1. The Labute approximate surface area is 189 Å². The number of nitro benzene ring substituents is 1. The molecule has 2 aliphatic rings. The predicted octanol–water partition coefficient (Wildman–Crippen LogP) is 4.36.